The molecule has 4 nitrogen and oxygen atoms in total. The smallest absolute Gasteiger partial charge is 0.226 e. The lowest BCUT2D eigenvalue weighted by Gasteiger charge is -2.19. The highest BCUT2D eigenvalue weighted by atomic mass is 35.5. The fraction of sp³-hybridized carbons (Fsp3) is 0.909. The number of hydrogen-bond acceptors (Lipinski definition) is 3. The van der Waals surface area contributed by atoms with Gasteiger partial charge in [-0.25, -0.2) is 8.42 Å². The van der Waals surface area contributed by atoms with Crippen molar-refractivity contribution in [2.24, 2.45) is 11.8 Å². The number of amides is 1. The molecule has 0 aromatic heterocycles. The first-order valence-electron chi connectivity index (χ1n) is 6.07. The summed E-state index contributed by atoms with van der Waals surface area (Å²) in [7, 11) is -2.96. The minimum atomic E-state index is -2.96. The van der Waals surface area contributed by atoms with Gasteiger partial charge in [-0.05, 0) is 25.2 Å². The van der Waals surface area contributed by atoms with E-state index in [0.717, 1.165) is 25.9 Å². The highest BCUT2D eigenvalue weighted by Gasteiger charge is 2.37. The standard InChI is InChI=1S/C11H18ClNO3S/c12-4-1-9-2-5-13(7-9)11(14)10-3-6-17(15,16)8-10/h9-10H,1-8H2. The van der Waals surface area contributed by atoms with Crippen molar-refractivity contribution in [3.8, 4) is 0 Å². The molecule has 2 rings (SSSR count). The Morgan fingerprint density at radius 2 is 2.12 bits per heavy atom. The summed E-state index contributed by atoms with van der Waals surface area (Å²) in [6.45, 7) is 1.51. The molecular formula is C11H18ClNO3S. The molecule has 1 amide bonds. The van der Waals surface area contributed by atoms with Crippen LogP contribution < -0.4 is 0 Å². The Morgan fingerprint density at radius 3 is 2.71 bits per heavy atom. The van der Waals surface area contributed by atoms with Crippen LogP contribution in [0.1, 0.15) is 19.3 Å². The first kappa shape index (κ1) is 13.1. The number of sulfone groups is 1. The summed E-state index contributed by atoms with van der Waals surface area (Å²) in [5.74, 6) is 1.07. The zero-order valence-corrected chi connectivity index (χ0v) is 11.3. The van der Waals surface area contributed by atoms with Crippen LogP contribution in [0.15, 0.2) is 0 Å². The quantitative estimate of drug-likeness (QED) is 0.721. The van der Waals surface area contributed by atoms with Gasteiger partial charge in [0.1, 0.15) is 0 Å². The Labute approximate surface area is 107 Å². The monoisotopic (exact) mass is 279 g/mol. The maximum absolute atomic E-state index is 12.1. The van der Waals surface area contributed by atoms with Crippen LogP contribution in [0.4, 0.5) is 0 Å². The second-order valence-corrected chi connectivity index (χ2v) is 7.62. The van der Waals surface area contributed by atoms with E-state index in [0.29, 0.717) is 18.2 Å². The molecule has 2 fully saturated rings. The molecule has 0 radical (unpaired) electrons. The summed E-state index contributed by atoms with van der Waals surface area (Å²) in [4.78, 5) is 13.9. The van der Waals surface area contributed by atoms with Crippen molar-refractivity contribution in [2.75, 3.05) is 30.5 Å². The van der Waals surface area contributed by atoms with E-state index in [2.05, 4.69) is 0 Å². The van der Waals surface area contributed by atoms with Crippen LogP contribution in [0.5, 0.6) is 0 Å². The molecule has 17 heavy (non-hydrogen) atoms. The Morgan fingerprint density at radius 1 is 1.35 bits per heavy atom. The summed E-state index contributed by atoms with van der Waals surface area (Å²) in [5.41, 5.74) is 0. The van der Waals surface area contributed by atoms with E-state index in [1.165, 1.54) is 0 Å². The van der Waals surface area contributed by atoms with Gasteiger partial charge in [0.2, 0.25) is 5.91 Å². The summed E-state index contributed by atoms with van der Waals surface area (Å²) < 4.78 is 22.7. The first-order valence-corrected chi connectivity index (χ1v) is 8.42. The van der Waals surface area contributed by atoms with Crippen LogP contribution in [-0.2, 0) is 14.6 Å². The van der Waals surface area contributed by atoms with Crippen LogP contribution in [0.3, 0.4) is 0 Å². The summed E-state index contributed by atoms with van der Waals surface area (Å²) >= 11 is 5.69. The molecule has 6 heteroatoms. The van der Waals surface area contributed by atoms with Crippen LogP contribution >= 0.6 is 11.6 Å². The van der Waals surface area contributed by atoms with Crippen molar-refractivity contribution in [2.45, 2.75) is 19.3 Å². The molecule has 0 aliphatic carbocycles. The van der Waals surface area contributed by atoms with Gasteiger partial charge >= 0.3 is 0 Å². The molecule has 98 valence electrons. The van der Waals surface area contributed by atoms with Gasteiger partial charge in [0.05, 0.1) is 17.4 Å². The number of likely N-dealkylation sites (tertiary alicyclic amines) is 1. The zero-order chi connectivity index (χ0) is 12.5. The van der Waals surface area contributed by atoms with Crippen molar-refractivity contribution in [3.63, 3.8) is 0 Å². The molecular weight excluding hydrogens is 262 g/mol. The van der Waals surface area contributed by atoms with Crippen LogP contribution in [-0.4, -0.2) is 49.7 Å². The normalized spacial score (nSPS) is 31.9. The molecule has 0 saturated carbocycles. The molecule has 2 saturated heterocycles. The van der Waals surface area contributed by atoms with Gasteiger partial charge < -0.3 is 4.90 Å². The van der Waals surface area contributed by atoms with E-state index >= 15 is 0 Å². The number of halogens is 1. The predicted molar refractivity (Wildman–Crippen MR) is 66.8 cm³/mol. The molecule has 2 aliphatic heterocycles. The Hall–Kier alpha value is -0.290. The van der Waals surface area contributed by atoms with Crippen molar-refractivity contribution in [1.29, 1.82) is 0 Å². The maximum Gasteiger partial charge on any atom is 0.226 e. The lowest BCUT2D eigenvalue weighted by atomic mass is 10.1. The first-order chi connectivity index (χ1) is 8.02. The van der Waals surface area contributed by atoms with E-state index in [4.69, 9.17) is 11.6 Å². The average Bonchev–Trinajstić information content (AvgIpc) is 2.85. The number of rotatable bonds is 3. The van der Waals surface area contributed by atoms with E-state index in [1.807, 2.05) is 4.90 Å². The largest absolute Gasteiger partial charge is 0.342 e. The molecule has 2 atom stereocenters. The van der Waals surface area contributed by atoms with E-state index < -0.39 is 9.84 Å². The molecule has 2 unspecified atom stereocenters. The molecule has 0 aromatic carbocycles. The van der Waals surface area contributed by atoms with Gasteiger partial charge in [0.25, 0.3) is 0 Å². The van der Waals surface area contributed by atoms with Crippen LogP contribution in [0.2, 0.25) is 0 Å². The Bertz CT molecular complexity index is 396. The molecule has 0 spiro atoms. The highest BCUT2D eigenvalue weighted by molar-refractivity contribution is 7.91. The molecule has 0 bridgehead atoms. The second kappa shape index (κ2) is 5.14. The Kier molecular flexibility index (Phi) is 3.98. The van der Waals surface area contributed by atoms with Gasteiger partial charge in [0, 0.05) is 19.0 Å². The lowest BCUT2D eigenvalue weighted by molar-refractivity contribution is -0.133. The minimum absolute atomic E-state index is 0.0307. The van der Waals surface area contributed by atoms with Gasteiger partial charge in [-0.1, -0.05) is 0 Å². The molecule has 2 heterocycles. The van der Waals surface area contributed by atoms with Crippen LogP contribution in [0.25, 0.3) is 0 Å². The second-order valence-electron chi connectivity index (χ2n) is 5.02. The third-order valence-corrected chi connectivity index (χ3v) is 5.68. The van der Waals surface area contributed by atoms with Crippen molar-refractivity contribution < 1.29 is 13.2 Å². The topological polar surface area (TPSA) is 54.5 Å². The number of alkyl halides is 1. The number of hydrogen-bond donors (Lipinski definition) is 0. The number of nitrogens with zero attached hydrogens (tertiary/aromatic N) is 1. The van der Waals surface area contributed by atoms with Crippen molar-refractivity contribution in [1.82, 2.24) is 4.90 Å². The number of carbonyl (C=O) groups is 1. The maximum atomic E-state index is 12.1. The van der Waals surface area contributed by atoms with Gasteiger partial charge in [-0.15, -0.1) is 11.6 Å². The molecule has 0 N–H and O–H groups in total. The minimum Gasteiger partial charge on any atom is -0.342 e. The predicted octanol–water partition coefficient (Wildman–Crippen LogP) is 0.899. The fourth-order valence-corrected chi connectivity index (χ4v) is 4.71. The lowest BCUT2D eigenvalue weighted by Crippen LogP contribution is -2.35. The average molecular weight is 280 g/mol. The zero-order valence-electron chi connectivity index (χ0n) is 9.77. The third kappa shape index (κ3) is 3.13. The Balaban J connectivity index is 1.90. The third-order valence-electron chi connectivity index (χ3n) is 3.70. The van der Waals surface area contributed by atoms with E-state index in [9.17, 15) is 13.2 Å². The SMILES string of the molecule is O=C(C1CCS(=O)(=O)C1)N1CCC(CCCl)C1. The van der Waals surface area contributed by atoms with E-state index in [-0.39, 0.29) is 23.3 Å². The van der Waals surface area contributed by atoms with Crippen molar-refractivity contribution in [3.05, 3.63) is 0 Å². The molecule has 0 aromatic rings. The van der Waals surface area contributed by atoms with Crippen LogP contribution in [0, 0.1) is 11.8 Å². The van der Waals surface area contributed by atoms with Crippen molar-refractivity contribution >= 4 is 27.3 Å². The summed E-state index contributed by atoms with van der Waals surface area (Å²) in [5, 5.41) is 0. The fourth-order valence-electron chi connectivity index (χ4n) is 2.67. The van der Waals surface area contributed by atoms with Gasteiger partial charge in [0.15, 0.2) is 9.84 Å². The highest BCUT2D eigenvalue weighted by Crippen LogP contribution is 2.26. The van der Waals surface area contributed by atoms with Gasteiger partial charge in [-0.2, -0.15) is 0 Å². The summed E-state index contributed by atoms with van der Waals surface area (Å²) in [6, 6.07) is 0. The molecule has 2 aliphatic rings. The van der Waals surface area contributed by atoms with Gasteiger partial charge in [-0.3, -0.25) is 4.79 Å². The number of carbonyl (C=O) groups excluding carboxylic acids is 1. The summed E-state index contributed by atoms with van der Waals surface area (Å²) in [6.07, 6.45) is 2.43. The van der Waals surface area contributed by atoms with E-state index in [1.54, 1.807) is 0 Å².